The number of rotatable bonds is 4. The van der Waals surface area contributed by atoms with Crippen LogP contribution in [-0.2, 0) is 19.1 Å². The van der Waals surface area contributed by atoms with Gasteiger partial charge in [-0.25, -0.2) is 9.59 Å². The monoisotopic (exact) mass is 485 g/mol. The summed E-state index contributed by atoms with van der Waals surface area (Å²) >= 11 is 1.38. The standard InChI is InChI=1S/C27H19NO6S/c1-16-12-13-32-22-14-17(10-11-18(16)22)33-26(30)27(31)34-21-8-4-3-7-20(21)28-15-24-25(29)19-6-2-5-9-23(19)35-24/h2-15,22,29H,1H3. The van der Waals surface area contributed by atoms with Gasteiger partial charge in [-0.15, -0.1) is 11.3 Å². The van der Waals surface area contributed by atoms with E-state index in [2.05, 4.69) is 4.99 Å². The van der Waals surface area contributed by atoms with Gasteiger partial charge in [0.1, 0.15) is 23.3 Å². The maximum absolute atomic E-state index is 12.4. The van der Waals surface area contributed by atoms with E-state index in [0.717, 1.165) is 21.2 Å². The van der Waals surface area contributed by atoms with Crippen LogP contribution in [0.25, 0.3) is 10.1 Å². The molecule has 5 rings (SSSR count). The number of allylic oxidation sites excluding steroid dienone is 3. The van der Waals surface area contributed by atoms with Crippen LogP contribution in [0.15, 0.2) is 101 Å². The van der Waals surface area contributed by atoms with Crippen LogP contribution in [-0.4, -0.2) is 29.4 Å². The van der Waals surface area contributed by atoms with Crippen LogP contribution >= 0.6 is 11.3 Å². The summed E-state index contributed by atoms with van der Waals surface area (Å²) in [4.78, 5) is 29.7. The van der Waals surface area contributed by atoms with Gasteiger partial charge in [0.05, 0.1) is 11.1 Å². The number of hydrogen-bond donors (Lipinski definition) is 1. The Hall–Kier alpha value is -4.43. The van der Waals surface area contributed by atoms with Crippen molar-refractivity contribution < 1.29 is 28.9 Å². The Morgan fingerprint density at radius 3 is 2.66 bits per heavy atom. The Bertz CT molecular complexity index is 1490. The number of fused-ring (bicyclic) bond motifs is 2. The second-order valence-corrected chi connectivity index (χ2v) is 8.80. The average Bonchev–Trinajstić information content (AvgIpc) is 3.19. The molecule has 1 aliphatic carbocycles. The fourth-order valence-corrected chi connectivity index (χ4v) is 4.60. The van der Waals surface area contributed by atoms with Crippen molar-refractivity contribution in [2.45, 2.75) is 13.0 Å². The number of aromatic hydroxyl groups is 1. The first-order valence-electron chi connectivity index (χ1n) is 10.7. The van der Waals surface area contributed by atoms with Gasteiger partial charge in [-0.3, -0.25) is 4.99 Å². The van der Waals surface area contributed by atoms with Crippen LogP contribution in [0.4, 0.5) is 5.69 Å². The van der Waals surface area contributed by atoms with Gasteiger partial charge in [-0.1, -0.05) is 30.3 Å². The summed E-state index contributed by atoms with van der Waals surface area (Å²) < 4.78 is 16.9. The number of carbonyl (C=O) groups is 2. The lowest BCUT2D eigenvalue weighted by Gasteiger charge is -2.23. The SMILES string of the molecule is CC1=C2C=CC(OC(=O)C(=O)Oc3ccccc3N=Cc3sc4ccccc4c3O)=CC2OC=C1. The fourth-order valence-electron chi connectivity index (χ4n) is 3.63. The Balaban J connectivity index is 1.28. The molecule has 0 fully saturated rings. The summed E-state index contributed by atoms with van der Waals surface area (Å²) in [5.41, 5.74) is 2.31. The Morgan fingerprint density at radius 1 is 1.03 bits per heavy atom. The number of aliphatic imine (C=N–C) groups is 1. The number of thiophene rings is 1. The Labute approximate surface area is 204 Å². The number of benzene rings is 2. The predicted molar refractivity (Wildman–Crippen MR) is 133 cm³/mol. The maximum atomic E-state index is 12.4. The third-order valence-corrected chi connectivity index (χ3v) is 6.50. The minimum atomic E-state index is -1.19. The molecule has 0 amide bonds. The van der Waals surface area contributed by atoms with Crippen molar-refractivity contribution in [1.29, 1.82) is 0 Å². The van der Waals surface area contributed by atoms with E-state index in [-0.39, 0.29) is 23.4 Å². The maximum Gasteiger partial charge on any atom is 0.423 e. The number of ether oxygens (including phenoxy) is 3. The average molecular weight is 486 g/mol. The predicted octanol–water partition coefficient (Wildman–Crippen LogP) is 5.49. The molecule has 0 bridgehead atoms. The molecule has 35 heavy (non-hydrogen) atoms. The number of nitrogens with zero attached hydrogens (tertiary/aromatic N) is 1. The van der Waals surface area contributed by atoms with Gasteiger partial charge in [-0.2, -0.15) is 0 Å². The lowest BCUT2D eigenvalue weighted by molar-refractivity contribution is -0.159. The Kier molecular flexibility index (Phi) is 6.03. The molecule has 0 saturated carbocycles. The van der Waals surface area contributed by atoms with Gasteiger partial charge in [0.25, 0.3) is 0 Å². The minimum absolute atomic E-state index is 0.0843. The molecule has 0 radical (unpaired) electrons. The van der Waals surface area contributed by atoms with Crippen LogP contribution in [0, 0.1) is 0 Å². The summed E-state index contributed by atoms with van der Waals surface area (Å²) in [5.74, 6) is -1.95. The molecule has 2 aromatic carbocycles. The van der Waals surface area contributed by atoms with Crippen molar-refractivity contribution in [2.75, 3.05) is 0 Å². The summed E-state index contributed by atoms with van der Waals surface area (Å²) in [6.45, 7) is 1.95. The third-order valence-electron chi connectivity index (χ3n) is 5.41. The van der Waals surface area contributed by atoms with Crippen molar-refractivity contribution in [2.24, 2.45) is 4.99 Å². The zero-order valence-electron chi connectivity index (χ0n) is 18.5. The second-order valence-electron chi connectivity index (χ2n) is 7.72. The molecular weight excluding hydrogens is 466 g/mol. The third kappa shape index (κ3) is 4.64. The molecule has 0 saturated heterocycles. The summed E-state index contributed by atoms with van der Waals surface area (Å²) in [7, 11) is 0. The van der Waals surface area contributed by atoms with E-state index in [1.54, 1.807) is 42.7 Å². The number of hydrogen-bond acceptors (Lipinski definition) is 8. The molecule has 1 aromatic heterocycles. The second kappa shape index (κ2) is 9.44. The molecule has 1 N–H and O–H groups in total. The molecule has 1 unspecified atom stereocenters. The number of carbonyl (C=O) groups excluding carboxylic acids is 2. The summed E-state index contributed by atoms with van der Waals surface area (Å²) in [5, 5.41) is 11.2. The molecule has 2 heterocycles. The molecule has 8 heteroatoms. The van der Waals surface area contributed by atoms with Crippen LogP contribution in [0.1, 0.15) is 11.8 Å². The van der Waals surface area contributed by atoms with Crippen molar-refractivity contribution in [3.05, 3.63) is 101 Å². The number of esters is 2. The minimum Gasteiger partial charge on any atom is -0.506 e. The van der Waals surface area contributed by atoms with E-state index < -0.39 is 11.9 Å². The summed E-state index contributed by atoms with van der Waals surface area (Å²) in [6.07, 6.45) is 9.52. The van der Waals surface area contributed by atoms with Crippen LogP contribution in [0.3, 0.4) is 0 Å². The van der Waals surface area contributed by atoms with Crippen molar-refractivity contribution in [3.8, 4) is 11.5 Å². The molecule has 174 valence electrons. The molecule has 3 aromatic rings. The lowest BCUT2D eigenvalue weighted by Crippen LogP contribution is -2.24. The van der Waals surface area contributed by atoms with Crippen LogP contribution in [0.2, 0.25) is 0 Å². The van der Waals surface area contributed by atoms with Gasteiger partial charge in [0, 0.05) is 22.4 Å². The molecular formula is C27H19NO6S. The van der Waals surface area contributed by atoms with E-state index in [1.165, 1.54) is 23.6 Å². The highest BCUT2D eigenvalue weighted by atomic mass is 32.1. The summed E-state index contributed by atoms with van der Waals surface area (Å²) in [6, 6.07) is 14.0. The highest BCUT2D eigenvalue weighted by Gasteiger charge is 2.25. The van der Waals surface area contributed by atoms with Gasteiger partial charge >= 0.3 is 11.9 Å². The van der Waals surface area contributed by atoms with Crippen LogP contribution < -0.4 is 4.74 Å². The quantitative estimate of drug-likeness (QED) is 0.227. The number of para-hydroxylation sites is 2. The van der Waals surface area contributed by atoms with Crippen LogP contribution in [0.5, 0.6) is 11.5 Å². The zero-order chi connectivity index (χ0) is 24.4. The van der Waals surface area contributed by atoms with Crippen molar-refractivity contribution >= 4 is 45.3 Å². The normalized spacial score (nSPS) is 16.7. The molecule has 1 aliphatic heterocycles. The molecule has 7 nitrogen and oxygen atoms in total. The fraction of sp³-hybridized carbons (Fsp3) is 0.0741. The first kappa shape index (κ1) is 22.4. The van der Waals surface area contributed by atoms with E-state index >= 15 is 0 Å². The first-order valence-corrected chi connectivity index (χ1v) is 11.5. The van der Waals surface area contributed by atoms with E-state index in [1.807, 2.05) is 37.3 Å². The smallest absolute Gasteiger partial charge is 0.423 e. The largest absolute Gasteiger partial charge is 0.506 e. The van der Waals surface area contributed by atoms with Crippen molar-refractivity contribution in [3.63, 3.8) is 0 Å². The molecule has 1 atom stereocenters. The topological polar surface area (TPSA) is 94.4 Å². The lowest BCUT2D eigenvalue weighted by atomic mass is 9.97. The van der Waals surface area contributed by atoms with Gasteiger partial charge < -0.3 is 19.3 Å². The van der Waals surface area contributed by atoms with Gasteiger partial charge in [0.15, 0.2) is 5.75 Å². The van der Waals surface area contributed by atoms with E-state index in [0.29, 0.717) is 10.6 Å². The Morgan fingerprint density at radius 2 is 1.80 bits per heavy atom. The zero-order valence-corrected chi connectivity index (χ0v) is 19.3. The van der Waals surface area contributed by atoms with Gasteiger partial charge in [0.2, 0.25) is 0 Å². The highest BCUT2D eigenvalue weighted by molar-refractivity contribution is 7.21. The van der Waals surface area contributed by atoms with E-state index in [9.17, 15) is 14.7 Å². The molecule has 0 spiro atoms. The van der Waals surface area contributed by atoms with Gasteiger partial charge in [-0.05, 0) is 54.5 Å². The van der Waals surface area contributed by atoms with Crippen molar-refractivity contribution in [1.82, 2.24) is 0 Å². The molecule has 2 aliphatic rings. The van der Waals surface area contributed by atoms with E-state index in [4.69, 9.17) is 14.2 Å². The highest BCUT2D eigenvalue weighted by Crippen LogP contribution is 2.36. The first-order chi connectivity index (χ1) is 17.0.